The van der Waals surface area contributed by atoms with Gasteiger partial charge in [-0.25, -0.2) is 0 Å². The molecule has 1 radical (unpaired) electrons. The fourth-order valence-corrected chi connectivity index (χ4v) is 0. The molecule has 0 spiro atoms. The first-order valence-corrected chi connectivity index (χ1v) is 4.90. The van der Waals surface area contributed by atoms with Crippen LogP contribution in [0, 0.1) is 0 Å². The monoisotopic (exact) mass is 291 g/mol. The van der Waals surface area contributed by atoms with Crippen molar-refractivity contribution in [3.05, 3.63) is 0 Å². The summed E-state index contributed by atoms with van der Waals surface area (Å²) < 4.78 is 0. The van der Waals surface area contributed by atoms with Crippen LogP contribution in [-0.2, 0) is 17.1 Å². The number of hydrogen-bond acceptors (Lipinski definition) is 8. The Morgan fingerprint density at radius 3 is 0.538 bits per heavy atom. The molecule has 0 aromatic carbocycles. The molecule has 8 nitrogen and oxygen atoms in total. The van der Waals surface area contributed by atoms with Gasteiger partial charge in [0.05, 0.1) is 0 Å². The van der Waals surface area contributed by atoms with Crippen LogP contribution in [0.1, 0.15) is 0 Å². The SMILES string of the molecule is [Al+3].[Fe+3].[Mg+2].[O-][Si]([O-])([O-])[O-].[O-][Si]([O-])([O-])[O-]. The number of hydrogen-bond donors (Lipinski definition) is 0. The molecule has 0 rings (SSSR count). The first kappa shape index (κ1) is 29.4. The molecule has 0 saturated heterocycles. The Bertz CT molecular complexity index is 65.1. The zero-order valence-electron chi connectivity index (χ0n) is 5.90. The van der Waals surface area contributed by atoms with E-state index in [0.717, 1.165) is 0 Å². The molecule has 0 saturated carbocycles. The van der Waals surface area contributed by atoms with E-state index in [1.165, 1.54) is 0 Å². The molecule has 13 heavy (non-hydrogen) atoms. The summed E-state index contributed by atoms with van der Waals surface area (Å²) in [6, 6.07) is 0. The Morgan fingerprint density at radius 2 is 0.538 bits per heavy atom. The Labute approximate surface area is 113 Å². The average molecular weight is 291 g/mol. The van der Waals surface area contributed by atoms with Gasteiger partial charge in [0.1, 0.15) is 0 Å². The van der Waals surface area contributed by atoms with Gasteiger partial charge in [0, 0.05) is 0 Å². The van der Waals surface area contributed by atoms with Crippen molar-refractivity contribution >= 4 is 58.5 Å². The molecular weight excluding hydrogens is 291 g/mol. The van der Waals surface area contributed by atoms with Crippen LogP contribution in [0.3, 0.4) is 0 Å². The van der Waals surface area contributed by atoms with Crippen molar-refractivity contribution in [1.29, 1.82) is 0 Å². The van der Waals surface area contributed by atoms with Gasteiger partial charge in [-0.1, -0.05) is 0 Å². The maximum Gasteiger partial charge on any atom is 3.00 e. The second-order valence-corrected chi connectivity index (χ2v) is 3.00. The second-order valence-electron chi connectivity index (χ2n) is 1.00. The molecular formula is AlFeMgO8Si2. The fourth-order valence-electron chi connectivity index (χ4n) is 0. The van der Waals surface area contributed by atoms with Gasteiger partial charge < -0.3 is 56.5 Å². The van der Waals surface area contributed by atoms with Crippen molar-refractivity contribution in [2.45, 2.75) is 0 Å². The van der Waals surface area contributed by atoms with Crippen LogP contribution in [0.5, 0.6) is 0 Å². The van der Waals surface area contributed by atoms with Gasteiger partial charge in [-0.2, -0.15) is 0 Å². The summed E-state index contributed by atoms with van der Waals surface area (Å²) in [6.07, 6.45) is 0. The second kappa shape index (κ2) is 12.0. The van der Waals surface area contributed by atoms with Crippen LogP contribution in [0.15, 0.2) is 0 Å². The van der Waals surface area contributed by atoms with Gasteiger partial charge >= 0.3 is 57.5 Å². The summed E-state index contributed by atoms with van der Waals surface area (Å²) in [5.41, 5.74) is 0. The molecule has 0 heterocycles. The van der Waals surface area contributed by atoms with E-state index in [4.69, 9.17) is 38.4 Å². The van der Waals surface area contributed by atoms with Crippen LogP contribution in [-0.4, -0.2) is 58.5 Å². The van der Waals surface area contributed by atoms with Crippen LogP contribution < -0.4 is 38.4 Å². The van der Waals surface area contributed by atoms with Crippen LogP contribution in [0.25, 0.3) is 0 Å². The van der Waals surface area contributed by atoms with E-state index < -0.39 is 18.1 Å². The Morgan fingerprint density at radius 1 is 0.538 bits per heavy atom. The predicted molar refractivity (Wildman–Crippen MR) is 23.0 cm³/mol. The molecule has 69 valence electrons. The average Bonchev–Trinajstić information content (AvgIpc) is 1.12. The van der Waals surface area contributed by atoms with Gasteiger partial charge in [0.2, 0.25) is 0 Å². The van der Waals surface area contributed by atoms with E-state index in [1.807, 2.05) is 0 Å². The Hall–Kier alpha value is 1.93. The third-order valence-electron chi connectivity index (χ3n) is 0. The van der Waals surface area contributed by atoms with Gasteiger partial charge in [0.25, 0.3) is 0 Å². The van der Waals surface area contributed by atoms with Gasteiger partial charge in [-0.3, -0.25) is 0 Å². The summed E-state index contributed by atoms with van der Waals surface area (Å²) in [7, 11) is -11.2. The Balaban J connectivity index is -0.0000000267. The molecule has 0 fully saturated rings. The van der Waals surface area contributed by atoms with Crippen molar-refractivity contribution in [2.24, 2.45) is 0 Å². The maximum atomic E-state index is 8.58. The first-order chi connectivity index (χ1) is 4.00. The van der Waals surface area contributed by atoms with E-state index in [2.05, 4.69) is 0 Å². The van der Waals surface area contributed by atoms with Crippen molar-refractivity contribution in [3.63, 3.8) is 0 Å². The van der Waals surface area contributed by atoms with Crippen LogP contribution in [0.4, 0.5) is 0 Å². The van der Waals surface area contributed by atoms with E-state index in [1.54, 1.807) is 0 Å². The zero-order chi connectivity index (χ0) is 9.00. The summed E-state index contributed by atoms with van der Waals surface area (Å²) in [5, 5.41) is 0. The summed E-state index contributed by atoms with van der Waals surface area (Å²) >= 11 is 0. The van der Waals surface area contributed by atoms with E-state index in [9.17, 15) is 0 Å². The molecule has 0 aliphatic carbocycles. The summed E-state index contributed by atoms with van der Waals surface area (Å²) in [6.45, 7) is 0. The van der Waals surface area contributed by atoms with Crippen molar-refractivity contribution < 1.29 is 55.4 Å². The predicted octanol–water partition coefficient (Wildman–Crippen LogP) is -11.0. The van der Waals surface area contributed by atoms with Crippen molar-refractivity contribution in [2.75, 3.05) is 0 Å². The quantitative estimate of drug-likeness (QED) is 0.393. The van der Waals surface area contributed by atoms with Gasteiger partial charge in [0.15, 0.2) is 0 Å². The molecule has 0 amide bonds. The third-order valence-corrected chi connectivity index (χ3v) is 0. The van der Waals surface area contributed by atoms with E-state index in [0.29, 0.717) is 0 Å². The van der Waals surface area contributed by atoms with Gasteiger partial charge in [-0.05, 0) is 0 Å². The van der Waals surface area contributed by atoms with Crippen LogP contribution in [0.2, 0.25) is 0 Å². The van der Waals surface area contributed by atoms with E-state index >= 15 is 0 Å². The largest absolute Gasteiger partial charge is 3.00 e. The normalized spacial score (nSPS) is 9.23. The number of rotatable bonds is 0. The van der Waals surface area contributed by atoms with Crippen LogP contribution >= 0.6 is 0 Å². The molecule has 0 aliphatic rings. The minimum Gasteiger partial charge on any atom is -0.894 e. The summed E-state index contributed by atoms with van der Waals surface area (Å²) in [5.74, 6) is 0. The standard InChI is InChI=1S/Al.Fe.Mg.2O4Si/c;;;2*1-5(2,3)4/q2*+3;+2;2*-4. The molecule has 0 unspecified atom stereocenters. The molecule has 0 bridgehead atoms. The molecule has 13 heteroatoms. The molecule has 0 atom stereocenters. The maximum absolute atomic E-state index is 8.58. The molecule has 0 N–H and O–H groups in total. The zero-order valence-corrected chi connectivity index (χ0v) is 11.6. The summed E-state index contributed by atoms with van der Waals surface area (Å²) in [4.78, 5) is 68.6. The molecule has 0 aromatic heterocycles. The van der Waals surface area contributed by atoms with Gasteiger partial charge in [-0.15, -0.1) is 0 Å². The fraction of sp³-hybridized carbons (Fsp3) is 0. The van der Waals surface area contributed by atoms with Crippen molar-refractivity contribution in [3.8, 4) is 0 Å². The topological polar surface area (TPSA) is 184 Å². The van der Waals surface area contributed by atoms with E-state index in [-0.39, 0.29) is 57.5 Å². The minimum atomic E-state index is -5.61. The Kier molecular flexibility index (Phi) is 27.1. The molecule has 0 aromatic rings. The third kappa shape index (κ3) is 531. The minimum absolute atomic E-state index is 0. The smallest absolute Gasteiger partial charge is 0.894 e. The molecule has 0 aliphatic heterocycles. The van der Waals surface area contributed by atoms with Crippen molar-refractivity contribution in [1.82, 2.24) is 0 Å². The first-order valence-electron chi connectivity index (χ1n) is 1.63.